The van der Waals surface area contributed by atoms with E-state index in [4.69, 9.17) is 4.74 Å². The van der Waals surface area contributed by atoms with Gasteiger partial charge in [-0.15, -0.1) is 0 Å². The Morgan fingerprint density at radius 1 is 1.22 bits per heavy atom. The van der Waals surface area contributed by atoms with Gasteiger partial charge in [0.15, 0.2) is 0 Å². The summed E-state index contributed by atoms with van der Waals surface area (Å²) in [5.41, 5.74) is 3.78. The zero-order valence-electron chi connectivity index (χ0n) is 18.8. The number of ether oxygens (including phenoxy) is 1. The lowest BCUT2D eigenvalue weighted by Gasteiger charge is -2.32. The fraction of sp³-hybridized carbons (Fsp3) is 0.423. The first-order valence-corrected chi connectivity index (χ1v) is 11.5. The number of para-hydroxylation sites is 1. The highest BCUT2D eigenvalue weighted by molar-refractivity contribution is 5.98. The summed E-state index contributed by atoms with van der Waals surface area (Å²) in [5.74, 6) is 1.66. The Labute approximate surface area is 188 Å². The van der Waals surface area contributed by atoms with Crippen LogP contribution in [0, 0.1) is 5.92 Å². The molecule has 6 heteroatoms. The maximum Gasteiger partial charge on any atom is 0.267 e. The van der Waals surface area contributed by atoms with Crippen LogP contribution in [-0.4, -0.2) is 46.1 Å². The highest BCUT2D eigenvalue weighted by Gasteiger charge is 2.32. The van der Waals surface area contributed by atoms with Gasteiger partial charge in [-0.05, 0) is 69.5 Å². The van der Waals surface area contributed by atoms with Crippen molar-refractivity contribution in [1.29, 1.82) is 0 Å². The highest BCUT2D eigenvalue weighted by Crippen LogP contribution is 2.38. The zero-order chi connectivity index (χ0) is 22.3. The first-order valence-electron chi connectivity index (χ1n) is 11.5. The number of H-pyrrole nitrogens is 1. The van der Waals surface area contributed by atoms with E-state index in [9.17, 15) is 9.90 Å². The van der Waals surface area contributed by atoms with E-state index in [1.165, 1.54) is 11.1 Å². The number of aromatic nitrogens is 1. The molecule has 1 amide bonds. The predicted octanol–water partition coefficient (Wildman–Crippen LogP) is 4.23. The average molecular weight is 434 g/mol. The topological polar surface area (TPSA) is 77.6 Å². The Morgan fingerprint density at radius 2 is 2.03 bits per heavy atom. The molecule has 0 spiro atoms. The van der Waals surface area contributed by atoms with Crippen molar-refractivity contribution < 1.29 is 14.6 Å². The number of aromatic hydroxyl groups is 1. The van der Waals surface area contributed by atoms with Crippen LogP contribution in [0.4, 0.5) is 0 Å². The Balaban J connectivity index is 1.12. The molecule has 2 aromatic carbocycles. The van der Waals surface area contributed by atoms with Gasteiger partial charge in [0.25, 0.3) is 5.91 Å². The summed E-state index contributed by atoms with van der Waals surface area (Å²) in [4.78, 5) is 18.2. The number of hydrogen-bond acceptors (Lipinski definition) is 4. The van der Waals surface area contributed by atoms with Crippen LogP contribution in [0.1, 0.15) is 48.3 Å². The van der Waals surface area contributed by atoms with E-state index < -0.39 is 0 Å². The summed E-state index contributed by atoms with van der Waals surface area (Å²) in [6.07, 6.45) is 3.11. The summed E-state index contributed by atoms with van der Waals surface area (Å²) in [6, 6.07) is 13.4. The number of phenolic OH excluding ortho intramolecular Hbond substituents is 1. The number of piperidine rings is 1. The molecule has 32 heavy (non-hydrogen) atoms. The summed E-state index contributed by atoms with van der Waals surface area (Å²) in [5, 5.41) is 13.6. The molecule has 1 fully saturated rings. The number of nitrogens with zero attached hydrogens (tertiary/aromatic N) is 1. The number of carbonyl (C=O) groups is 1. The zero-order valence-corrected chi connectivity index (χ0v) is 18.8. The molecule has 0 atom stereocenters. The van der Waals surface area contributed by atoms with E-state index in [0.29, 0.717) is 18.2 Å². The Hall–Kier alpha value is -2.99. The molecule has 168 valence electrons. The van der Waals surface area contributed by atoms with Crippen LogP contribution >= 0.6 is 0 Å². The van der Waals surface area contributed by atoms with E-state index in [-0.39, 0.29) is 17.3 Å². The SMILES string of the molecule is CC1(C)Cc2cccc(CN3CCC(CNC(=O)c4cc5ccc(O)cc5[nH]4)CC3)c2O1. The van der Waals surface area contributed by atoms with Gasteiger partial charge in [-0.3, -0.25) is 9.69 Å². The number of carbonyl (C=O) groups excluding carboxylic acids is 1. The number of aromatic amines is 1. The third-order valence-electron chi connectivity index (χ3n) is 6.68. The minimum absolute atomic E-state index is 0.0947. The van der Waals surface area contributed by atoms with E-state index in [0.717, 1.165) is 55.5 Å². The molecule has 0 bridgehead atoms. The van der Waals surface area contributed by atoms with Crippen LogP contribution in [0.5, 0.6) is 11.5 Å². The van der Waals surface area contributed by atoms with Crippen molar-refractivity contribution in [2.24, 2.45) is 5.92 Å². The normalized spacial score (nSPS) is 18.4. The quantitative estimate of drug-likeness (QED) is 0.563. The molecule has 0 saturated carbocycles. The Morgan fingerprint density at radius 3 is 2.84 bits per heavy atom. The lowest BCUT2D eigenvalue weighted by molar-refractivity contribution is 0.0930. The van der Waals surface area contributed by atoms with Gasteiger partial charge in [0.1, 0.15) is 22.8 Å². The molecule has 3 aromatic rings. The maximum absolute atomic E-state index is 12.6. The minimum atomic E-state index is -0.116. The first kappa shape index (κ1) is 20.9. The molecule has 1 saturated heterocycles. The Bertz CT molecular complexity index is 1140. The summed E-state index contributed by atoms with van der Waals surface area (Å²) < 4.78 is 6.23. The van der Waals surface area contributed by atoms with Crippen molar-refractivity contribution in [2.45, 2.75) is 45.3 Å². The Kier molecular flexibility index (Phi) is 5.33. The third-order valence-corrected chi connectivity index (χ3v) is 6.68. The molecule has 5 rings (SSSR count). The van der Waals surface area contributed by atoms with Gasteiger partial charge < -0.3 is 20.1 Å². The molecule has 2 aliphatic heterocycles. The first-order chi connectivity index (χ1) is 15.4. The molecule has 6 nitrogen and oxygen atoms in total. The van der Waals surface area contributed by atoms with Crippen molar-refractivity contribution in [3.05, 3.63) is 59.3 Å². The lowest BCUT2D eigenvalue weighted by atomic mass is 9.96. The third kappa shape index (κ3) is 4.32. The van der Waals surface area contributed by atoms with Gasteiger partial charge in [0.05, 0.1) is 0 Å². The van der Waals surface area contributed by atoms with Crippen molar-refractivity contribution >= 4 is 16.8 Å². The van der Waals surface area contributed by atoms with Gasteiger partial charge in [-0.2, -0.15) is 0 Å². The van der Waals surface area contributed by atoms with Gasteiger partial charge in [0.2, 0.25) is 0 Å². The van der Waals surface area contributed by atoms with Gasteiger partial charge >= 0.3 is 0 Å². The van der Waals surface area contributed by atoms with Crippen LogP contribution in [0.15, 0.2) is 42.5 Å². The van der Waals surface area contributed by atoms with Crippen molar-refractivity contribution in [3.63, 3.8) is 0 Å². The molecular formula is C26H31N3O3. The van der Waals surface area contributed by atoms with Crippen LogP contribution < -0.4 is 10.1 Å². The minimum Gasteiger partial charge on any atom is -0.508 e. The van der Waals surface area contributed by atoms with E-state index in [2.05, 4.69) is 47.2 Å². The predicted molar refractivity (Wildman–Crippen MR) is 125 cm³/mol. The second kappa shape index (κ2) is 8.17. The number of hydrogen-bond donors (Lipinski definition) is 3. The van der Waals surface area contributed by atoms with Gasteiger partial charge in [-0.1, -0.05) is 18.2 Å². The molecule has 3 heterocycles. The molecule has 3 N–H and O–H groups in total. The standard InChI is InChI=1S/C26H31N3O3/c1-26(2)14-19-4-3-5-20(24(19)32-26)16-29-10-8-17(9-11-29)15-27-25(31)23-12-18-6-7-21(30)13-22(18)28-23/h3-7,12-13,17,28,30H,8-11,14-16H2,1-2H3,(H,27,31). The van der Waals surface area contributed by atoms with E-state index in [1.54, 1.807) is 12.1 Å². The van der Waals surface area contributed by atoms with Crippen molar-refractivity contribution in [2.75, 3.05) is 19.6 Å². The molecule has 0 radical (unpaired) electrons. The fourth-order valence-electron chi connectivity index (χ4n) is 4.96. The van der Waals surface area contributed by atoms with Crippen LogP contribution in [0.3, 0.4) is 0 Å². The number of benzene rings is 2. The molecule has 0 unspecified atom stereocenters. The number of rotatable bonds is 5. The smallest absolute Gasteiger partial charge is 0.267 e. The molecule has 0 aliphatic carbocycles. The number of amides is 1. The average Bonchev–Trinajstić information content (AvgIpc) is 3.32. The molecule has 2 aliphatic rings. The number of nitrogens with one attached hydrogen (secondary N) is 2. The number of fused-ring (bicyclic) bond motifs is 2. The fourth-order valence-corrected chi connectivity index (χ4v) is 4.96. The maximum atomic E-state index is 12.6. The number of likely N-dealkylation sites (tertiary alicyclic amines) is 1. The van der Waals surface area contributed by atoms with Crippen molar-refractivity contribution in [3.8, 4) is 11.5 Å². The van der Waals surface area contributed by atoms with Crippen LogP contribution in [-0.2, 0) is 13.0 Å². The lowest BCUT2D eigenvalue weighted by Crippen LogP contribution is -2.38. The van der Waals surface area contributed by atoms with E-state index >= 15 is 0 Å². The summed E-state index contributed by atoms with van der Waals surface area (Å²) in [6.45, 7) is 7.95. The second-order valence-corrected chi connectivity index (χ2v) is 9.83. The van der Waals surface area contributed by atoms with Crippen LogP contribution in [0.25, 0.3) is 10.9 Å². The molecular weight excluding hydrogens is 402 g/mol. The van der Waals surface area contributed by atoms with E-state index in [1.807, 2.05) is 12.1 Å². The molecule has 1 aromatic heterocycles. The second-order valence-electron chi connectivity index (χ2n) is 9.83. The summed E-state index contributed by atoms with van der Waals surface area (Å²) >= 11 is 0. The van der Waals surface area contributed by atoms with Crippen molar-refractivity contribution in [1.82, 2.24) is 15.2 Å². The number of phenols is 1. The van der Waals surface area contributed by atoms with Gasteiger partial charge in [0, 0.05) is 42.0 Å². The highest BCUT2D eigenvalue weighted by atomic mass is 16.5. The monoisotopic (exact) mass is 433 g/mol. The van der Waals surface area contributed by atoms with Gasteiger partial charge in [-0.25, -0.2) is 0 Å². The van der Waals surface area contributed by atoms with Crippen LogP contribution in [0.2, 0.25) is 0 Å². The largest absolute Gasteiger partial charge is 0.508 e. The summed E-state index contributed by atoms with van der Waals surface area (Å²) in [7, 11) is 0.